The number of ketones is 1. The van der Waals surface area contributed by atoms with Crippen LogP contribution in [0.25, 0.3) is 0 Å². The van der Waals surface area contributed by atoms with Gasteiger partial charge in [-0.1, -0.05) is 19.1 Å². The second-order valence-corrected chi connectivity index (χ2v) is 8.52. The molecule has 0 saturated carbocycles. The summed E-state index contributed by atoms with van der Waals surface area (Å²) in [6, 6.07) is 5.79. The Morgan fingerprint density at radius 1 is 1.18 bits per heavy atom. The number of nitrogens with one attached hydrogen (secondary N) is 1. The molecule has 1 aromatic carbocycles. The Labute approximate surface area is 169 Å². The second-order valence-electron chi connectivity index (χ2n) is 8.52. The molecule has 1 unspecified atom stereocenters. The first kappa shape index (κ1) is 24.3. The van der Waals surface area contributed by atoms with Crippen molar-refractivity contribution in [1.82, 2.24) is 5.32 Å². The van der Waals surface area contributed by atoms with Gasteiger partial charge in [0.2, 0.25) is 5.91 Å². The van der Waals surface area contributed by atoms with Crippen molar-refractivity contribution in [2.24, 2.45) is 0 Å². The Hall–Kier alpha value is -1.72. The lowest BCUT2D eigenvalue weighted by atomic mass is 9.98. The monoisotopic (exact) mass is 391 g/mol. The molecule has 0 bridgehead atoms. The van der Waals surface area contributed by atoms with Crippen LogP contribution in [0.2, 0.25) is 0 Å². The Bertz CT molecular complexity index is 663. The number of hydrogen-bond acceptors (Lipinski definition) is 4. The van der Waals surface area contributed by atoms with E-state index in [1.807, 2.05) is 32.0 Å². The molecule has 0 aliphatic heterocycles. The van der Waals surface area contributed by atoms with Crippen molar-refractivity contribution in [2.75, 3.05) is 13.2 Å². The SMILES string of the molecule is CCC(C)(CCNC(=O)CCc1ccc(C)c(C(C)=O)c1)OCCC(C)(C)O. The number of carbonyl (C=O) groups is 2. The van der Waals surface area contributed by atoms with E-state index >= 15 is 0 Å². The van der Waals surface area contributed by atoms with E-state index in [1.54, 1.807) is 20.8 Å². The van der Waals surface area contributed by atoms with E-state index in [0.717, 1.165) is 29.5 Å². The van der Waals surface area contributed by atoms with Gasteiger partial charge >= 0.3 is 0 Å². The van der Waals surface area contributed by atoms with Crippen LogP contribution in [-0.2, 0) is 16.0 Å². The van der Waals surface area contributed by atoms with Gasteiger partial charge in [0, 0.05) is 18.5 Å². The van der Waals surface area contributed by atoms with Gasteiger partial charge in [-0.05, 0) is 77.5 Å². The van der Waals surface area contributed by atoms with Crippen LogP contribution in [0.5, 0.6) is 0 Å². The molecular weight excluding hydrogens is 354 g/mol. The molecule has 5 nitrogen and oxygen atoms in total. The molecule has 1 aromatic rings. The highest BCUT2D eigenvalue weighted by Crippen LogP contribution is 2.21. The van der Waals surface area contributed by atoms with Crippen molar-refractivity contribution in [3.8, 4) is 0 Å². The second kappa shape index (κ2) is 10.7. The number of hydrogen-bond donors (Lipinski definition) is 2. The predicted octanol–water partition coefficient (Wildman–Crippen LogP) is 3.98. The van der Waals surface area contributed by atoms with Crippen LogP contribution < -0.4 is 5.32 Å². The largest absolute Gasteiger partial charge is 0.390 e. The highest BCUT2D eigenvalue weighted by Gasteiger charge is 2.24. The molecule has 0 heterocycles. The molecule has 1 atom stereocenters. The maximum absolute atomic E-state index is 12.2. The van der Waals surface area contributed by atoms with Crippen LogP contribution in [-0.4, -0.2) is 41.2 Å². The zero-order chi connectivity index (χ0) is 21.4. The molecule has 0 radical (unpaired) electrons. The first-order valence-electron chi connectivity index (χ1n) is 10.2. The fraction of sp³-hybridized carbons (Fsp3) is 0.652. The summed E-state index contributed by atoms with van der Waals surface area (Å²) in [5.41, 5.74) is 1.63. The minimum atomic E-state index is -0.735. The molecule has 158 valence electrons. The lowest BCUT2D eigenvalue weighted by Crippen LogP contribution is -2.36. The number of rotatable bonds is 12. The Kier molecular flexibility index (Phi) is 9.31. The van der Waals surface area contributed by atoms with Crippen LogP contribution >= 0.6 is 0 Å². The quantitative estimate of drug-likeness (QED) is 0.529. The lowest BCUT2D eigenvalue weighted by Gasteiger charge is -2.30. The summed E-state index contributed by atoms with van der Waals surface area (Å²) in [5, 5.41) is 12.8. The Morgan fingerprint density at radius 3 is 2.43 bits per heavy atom. The maximum atomic E-state index is 12.2. The molecular formula is C23H37NO4. The smallest absolute Gasteiger partial charge is 0.220 e. The Balaban J connectivity index is 2.41. The van der Waals surface area contributed by atoms with E-state index < -0.39 is 5.60 Å². The van der Waals surface area contributed by atoms with Gasteiger partial charge in [-0.2, -0.15) is 0 Å². The van der Waals surface area contributed by atoms with Crippen molar-refractivity contribution in [3.63, 3.8) is 0 Å². The van der Waals surface area contributed by atoms with Gasteiger partial charge in [0.1, 0.15) is 0 Å². The molecule has 0 aliphatic carbocycles. The van der Waals surface area contributed by atoms with E-state index in [-0.39, 0.29) is 17.3 Å². The molecule has 0 saturated heterocycles. The summed E-state index contributed by atoms with van der Waals surface area (Å²) >= 11 is 0. The summed E-state index contributed by atoms with van der Waals surface area (Å²) in [4.78, 5) is 23.8. The van der Waals surface area contributed by atoms with E-state index in [0.29, 0.717) is 32.4 Å². The summed E-state index contributed by atoms with van der Waals surface area (Å²) in [7, 11) is 0. The number of carbonyl (C=O) groups excluding carboxylic acids is 2. The zero-order valence-corrected chi connectivity index (χ0v) is 18.4. The normalized spacial score (nSPS) is 13.8. The third kappa shape index (κ3) is 8.98. The van der Waals surface area contributed by atoms with Gasteiger partial charge in [-0.25, -0.2) is 0 Å². The van der Waals surface area contributed by atoms with Gasteiger partial charge in [0.25, 0.3) is 0 Å². The van der Waals surface area contributed by atoms with Crippen LogP contribution in [0.1, 0.15) is 81.8 Å². The summed E-state index contributed by atoms with van der Waals surface area (Å²) in [6.45, 7) is 12.2. The molecule has 0 aromatic heterocycles. The van der Waals surface area contributed by atoms with Crippen LogP contribution in [0.4, 0.5) is 0 Å². The molecule has 0 fully saturated rings. The summed E-state index contributed by atoms with van der Waals surface area (Å²) in [5.74, 6) is 0.0483. The molecule has 2 N–H and O–H groups in total. The average Bonchev–Trinajstić information content (AvgIpc) is 2.59. The number of benzene rings is 1. The summed E-state index contributed by atoms with van der Waals surface area (Å²) < 4.78 is 5.97. The van der Waals surface area contributed by atoms with Gasteiger partial charge in [-0.15, -0.1) is 0 Å². The molecule has 5 heteroatoms. The summed E-state index contributed by atoms with van der Waals surface area (Å²) in [6.07, 6.45) is 3.14. The van der Waals surface area contributed by atoms with Crippen molar-refractivity contribution in [1.29, 1.82) is 0 Å². The number of aliphatic hydroxyl groups is 1. The van der Waals surface area contributed by atoms with Gasteiger partial charge in [0.05, 0.1) is 17.8 Å². The van der Waals surface area contributed by atoms with Crippen LogP contribution in [0, 0.1) is 6.92 Å². The van der Waals surface area contributed by atoms with E-state index in [2.05, 4.69) is 12.2 Å². The van der Waals surface area contributed by atoms with E-state index in [1.165, 1.54) is 0 Å². The minimum Gasteiger partial charge on any atom is -0.390 e. The standard InChI is InChI=1S/C23H37NO4/c1-7-23(6,28-15-13-22(4,5)27)12-14-24-21(26)11-10-19-9-8-17(2)20(16-19)18(3)25/h8-9,16,27H,7,10-15H2,1-6H3,(H,24,26). The van der Waals surface area contributed by atoms with Gasteiger partial charge in [0.15, 0.2) is 5.78 Å². The van der Waals surface area contributed by atoms with Crippen LogP contribution in [0.15, 0.2) is 18.2 Å². The molecule has 0 aliphatic rings. The predicted molar refractivity (Wildman–Crippen MR) is 113 cm³/mol. The Morgan fingerprint density at radius 2 is 1.86 bits per heavy atom. The fourth-order valence-electron chi connectivity index (χ4n) is 2.91. The maximum Gasteiger partial charge on any atom is 0.220 e. The van der Waals surface area contributed by atoms with Gasteiger partial charge in [-0.3, -0.25) is 9.59 Å². The van der Waals surface area contributed by atoms with Crippen molar-refractivity contribution in [2.45, 2.75) is 84.8 Å². The highest BCUT2D eigenvalue weighted by atomic mass is 16.5. The number of ether oxygens (including phenoxy) is 1. The lowest BCUT2D eigenvalue weighted by molar-refractivity contribution is -0.121. The zero-order valence-electron chi connectivity index (χ0n) is 18.4. The first-order valence-corrected chi connectivity index (χ1v) is 10.2. The number of Topliss-reactive ketones (excluding diaryl/α,β-unsaturated/α-hetero) is 1. The average molecular weight is 392 g/mol. The van der Waals surface area contributed by atoms with E-state index in [9.17, 15) is 14.7 Å². The van der Waals surface area contributed by atoms with Gasteiger partial charge < -0.3 is 15.2 Å². The number of aryl methyl sites for hydroxylation is 2. The van der Waals surface area contributed by atoms with E-state index in [4.69, 9.17) is 4.74 Å². The molecule has 1 rings (SSSR count). The fourth-order valence-corrected chi connectivity index (χ4v) is 2.91. The van der Waals surface area contributed by atoms with Crippen molar-refractivity contribution in [3.05, 3.63) is 34.9 Å². The molecule has 1 amide bonds. The third-order valence-electron chi connectivity index (χ3n) is 5.21. The third-order valence-corrected chi connectivity index (χ3v) is 5.21. The highest BCUT2D eigenvalue weighted by molar-refractivity contribution is 5.95. The molecule has 0 spiro atoms. The first-order chi connectivity index (χ1) is 13.0. The van der Waals surface area contributed by atoms with Crippen LogP contribution in [0.3, 0.4) is 0 Å². The topological polar surface area (TPSA) is 75.6 Å². The molecule has 28 heavy (non-hydrogen) atoms. The minimum absolute atomic E-state index is 0.0000976. The number of amides is 1. The van der Waals surface area contributed by atoms with Crippen molar-refractivity contribution < 1.29 is 19.4 Å². The van der Waals surface area contributed by atoms with Crippen molar-refractivity contribution >= 4 is 11.7 Å².